The number of thiocarbonyl (C=S) groups is 1. The van der Waals surface area contributed by atoms with Crippen LogP contribution in [0, 0.1) is 0 Å². The molecule has 0 amide bonds. The van der Waals surface area contributed by atoms with Crippen molar-refractivity contribution in [3.05, 3.63) is 33.3 Å². The summed E-state index contributed by atoms with van der Waals surface area (Å²) in [6.45, 7) is 0. The van der Waals surface area contributed by atoms with Gasteiger partial charge < -0.3 is 5.73 Å². The molecule has 0 bridgehead atoms. The predicted molar refractivity (Wildman–Crippen MR) is 55.0 cm³/mol. The van der Waals surface area contributed by atoms with Gasteiger partial charge in [-0.05, 0) is 18.2 Å². The van der Waals surface area contributed by atoms with E-state index in [2.05, 4.69) is 15.9 Å². The van der Waals surface area contributed by atoms with E-state index in [-0.39, 0.29) is 0 Å². The van der Waals surface area contributed by atoms with E-state index in [1.807, 2.05) is 0 Å². The van der Waals surface area contributed by atoms with E-state index in [0.717, 1.165) is 10.0 Å². The number of hydrogen-bond acceptors (Lipinski definition) is 1. The highest BCUT2D eigenvalue weighted by atomic mass is 79.9. The quantitative estimate of drug-likeness (QED) is 0.776. The molecule has 2 N–H and O–H groups in total. The maximum Gasteiger partial charge on any atom is 0.105 e. The van der Waals surface area contributed by atoms with Crippen molar-refractivity contribution in [2.75, 3.05) is 0 Å². The molecular formula is C7H5BrClNS. The van der Waals surface area contributed by atoms with E-state index in [1.165, 1.54) is 0 Å². The van der Waals surface area contributed by atoms with Gasteiger partial charge in [-0.25, -0.2) is 0 Å². The molecule has 0 saturated carbocycles. The zero-order valence-corrected chi connectivity index (χ0v) is 8.63. The van der Waals surface area contributed by atoms with Crippen LogP contribution in [-0.4, -0.2) is 4.99 Å². The first-order chi connectivity index (χ1) is 5.11. The van der Waals surface area contributed by atoms with Crippen LogP contribution >= 0.6 is 39.7 Å². The second kappa shape index (κ2) is 3.52. The van der Waals surface area contributed by atoms with Crippen molar-refractivity contribution in [1.82, 2.24) is 0 Å². The normalized spacial score (nSPS) is 9.64. The highest BCUT2D eigenvalue weighted by Crippen LogP contribution is 2.21. The minimum absolute atomic E-state index is 0.369. The fourth-order valence-corrected chi connectivity index (χ4v) is 1.89. The summed E-state index contributed by atoms with van der Waals surface area (Å²) in [6, 6.07) is 5.30. The molecule has 58 valence electrons. The van der Waals surface area contributed by atoms with Crippen LogP contribution in [-0.2, 0) is 0 Å². The number of nitrogens with two attached hydrogens (primary N) is 1. The maximum absolute atomic E-state index is 5.71. The third-order valence-electron chi connectivity index (χ3n) is 1.20. The Kier molecular flexibility index (Phi) is 2.87. The zero-order valence-electron chi connectivity index (χ0n) is 5.47. The van der Waals surface area contributed by atoms with Crippen LogP contribution in [0.15, 0.2) is 22.7 Å². The van der Waals surface area contributed by atoms with E-state index in [1.54, 1.807) is 18.2 Å². The molecule has 0 heterocycles. The average molecular weight is 251 g/mol. The van der Waals surface area contributed by atoms with Crippen molar-refractivity contribution < 1.29 is 0 Å². The Morgan fingerprint density at radius 3 is 2.64 bits per heavy atom. The van der Waals surface area contributed by atoms with Gasteiger partial charge in [-0.1, -0.05) is 39.7 Å². The largest absolute Gasteiger partial charge is 0.389 e. The smallest absolute Gasteiger partial charge is 0.105 e. The van der Waals surface area contributed by atoms with Gasteiger partial charge in [-0.3, -0.25) is 0 Å². The monoisotopic (exact) mass is 249 g/mol. The van der Waals surface area contributed by atoms with Crippen molar-refractivity contribution in [3.8, 4) is 0 Å². The van der Waals surface area contributed by atoms with E-state index in [0.29, 0.717) is 10.0 Å². The number of halogens is 2. The summed E-state index contributed by atoms with van der Waals surface area (Å²) in [5.74, 6) is 0. The summed E-state index contributed by atoms with van der Waals surface area (Å²) >= 11 is 13.8. The summed E-state index contributed by atoms with van der Waals surface area (Å²) < 4.78 is 0.831. The molecule has 0 aliphatic heterocycles. The van der Waals surface area contributed by atoms with Crippen LogP contribution in [0.25, 0.3) is 0 Å². The summed E-state index contributed by atoms with van der Waals surface area (Å²) in [4.78, 5) is 0.369. The van der Waals surface area contributed by atoms with Crippen molar-refractivity contribution in [2.24, 2.45) is 5.73 Å². The lowest BCUT2D eigenvalue weighted by Gasteiger charge is -2.00. The number of benzene rings is 1. The lowest BCUT2D eigenvalue weighted by molar-refractivity contribution is 1.58. The summed E-state index contributed by atoms with van der Waals surface area (Å²) in [5.41, 5.74) is 6.23. The highest BCUT2D eigenvalue weighted by molar-refractivity contribution is 9.10. The molecule has 0 spiro atoms. The molecule has 1 nitrogen and oxygen atoms in total. The Labute approximate surface area is 83.7 Å². The minimum Gasteiger partial charge on any atom is -0.389 e. The Balaban J connectivity index is 3.20. The number of rotatable bonds is 1. The van der Waals surface area contributed by atoms with Crippen LogP contribution in [0.4, 0.5) is 0 Å². The standard InChI is InChI=1S/C7H5BrClNS/c8-6-3-4(9)1-2-5(6)7(10)11/h1-3H,(H2,10,11). The van der Waals surface area contributed by atoms with Gasteiger partial charge in [0.15, 0.2) is 0 Å². The van der Waals surface area contributed by atoms with Gasteiger partial charge >= 0.3 is 0 Å². The molecule has 1 aromatic rings. The molecule has 0 atom stereocenters. The minimum atomic E-state index is 0.369. The van der Waals surface area contributed by atoms with E-state index in [4.69, 9.17) is 29.6 Å². The molecule has 1 rings (SSSR count). The zero-order chi connectivity index (χ0) is 8.43. The number of hydrogen-bond donors (Lipinski definition) is 1. The fraction of sp³-hybridized carbons (Fsp3) is 0. The van der Waals surface area contributed by atoms with Gasteiger partial charge in [0.25, 0.3) is 0 Å². The molecule has 0 aliphatic rings. The SMILES string of the molecule is NC(=S)c1ccc(Cl)cc1Br. The Bertz CT molecular complexity index is 300. The Morgan fingerprint density at radius 1 is 1.55 bits per heavy atom. The van der Waals surface area contributed by atoms with E-state index >= 15 is 0 Å². The molecule has 1 aromatic carbocycles. The molecule has 11 heavy (non-hydrogen) atoms. The molecule has 0 unspecified atom stereocenters. The van der Waals surface area contributed by atoms with Crippen molar-refractivity contribution >= 4 is 44.7 Å². The van der Waals surface area contributed by atoms with E-state index < -0.39 is 0 Å². The van der Waals surface area contributed by atoms with Crippen LogP contribution < -0.4 is 5.73 Å². The van der Waals surface area contributed by atoms with Crippen LogP contribution in [0.5, 0.6) is 0 Å². The average Bonchev–Trinajstić information content (AvgIpc) is 1.85. The Morgan fingerprint density at radius 2 is 2.18 bits per heavy atom. The van der Waals surface area contributed by atoms with Crippen molar-refractivity contribution in [3.63, 3.8) is 0 Å². The predicted octanol–water partition coefficient (Wildman–Crippen LogP) is 2.74. The first kappa shape index (κ1) is 8.97. The fourth-order valence-electron chi connectivity index (χ4n) is 0.689. The second-order valence-corrected chi connectivity index (χ2v) is 3.72. The van der Waals surface area contributed by atoms with Gasteiger partial charge in [0.1, 0.15) is 4.99 Å². The van der Waals surface area contributed by atoms with Crippen LogP contribution in [0.3, 0.4) is 0 Å². The van der Waals surface area contributed by atoms with Crippen molar-refractivity contribution in [2.45, 2.75) is 0 Å². The maximum atomic E-state index is 5.71. The van der Waals surface area contributed by atoms with Gasteiger partial charge in [-0.2, -0.15) is 0 Å². The highest BCUT2D eigenvalue weighted by Gasteiger charge is 2.01. The lowest BCUT2D eigenvalue weighted by Crippen LogP contribution is -2.09. The van der Waals surface area contributed by atoms with Crippen LogP contribution in [0.1, 0.15) is 5.56 Å². The van der Waals surface area contributed by atoms with Gasteiger partial charge in [-0.15, -0.1) is 0 Å². The van der Waals surface area contributed by atoms with Gasteiger partial charge in [0.2, 0.25) is 0 Å². The van der Waals surface area contributed by atoms with Gasteiger partial charge in [0, 0.05) is 15.1 Å². The molecule has 4 heteroatoms. The molecule has 0 fully saturated rings. The summed E-state index contributed by atoms with van der Waals surface area (Å²) in [5, 5.41) is 0.664. The topological polar surface area (TPSA) is 26.0 Å². The molecular weight excluding hydrogens is 246 g/mol. The lowest BCUT2D eigenvalue weighted by atomic mass is 10.2. The summed E-state index contributed by atoms with van der Waals surface area (Å²) in [7, 11) is 0. The first-order valence-electron chi connectivity index (χ1n) is 2.86. The third-order valence-corrected chi connectivity index (χ3v) is 2.31. The van der Waals surface area contributed by atoms with E-state index in [9.17, 15) is 0 Å². The second-order valence-electron chi connectivity index (χ2n) is 1.99. The molecule has 0 aliphatic carbocycles. The third kappa shape index (κ3) is 2.15. The van der Waals surface area contributed by atoms with Crippen LogP contribution in [0.2, 0.25) is 5.02 Å². The molecule has 0 radical (unpaired) electrons. The van der Waals surface area contributed by atoms with Crippen molar-refractivity contribution in [1.29, 1.82) is 0 Å². The summed E-state index contributed by atoms with van der Waals surface area (Å²) in [6.07, 6.45) is 0. The molecule has 0 aromatic heterocycles. The van der Waals surface area contributed by atoms with Gasteiger partial charge in [0.05, 0.1) is 0 Å². The Hall–Kier alpha value is -0.120. The molecule has 0 saturated heterocycles. The first-order valence-corrected chi connectivity index (χ1v) is 4.44.